The molecule has 1 aromatic heterocycles. The Balaban J connectivity index is 2.51. The van der Waals surface area contributed by atoms with E-state index in [2.05, 4.69) is 20.2 Å². The van der Waals surface area contributed by atoms with Crippen molar-refractivity contribution in [2.24, 2.45) is 10.9 Å². The van der Waals surface area contributed by atoms with E-state index in [0.717, 1.165) is 11.3 Å². The highest BCUT2D eigenvalue weighted by molar-refractivity contribution is 7.13. The summed E-state index contributed by atoms with van der Waals surface area (Å²) in [5.41, 5.74) is 10.7. The second-order valence-electron chi connectivity index (χ2n) is 3.13. The molecule has 0 aromatic carbocycles. The third-order valence-corrected chi connectivity index (χ3v) is 2.48. The van der Waals surface area contributed by atoms with Gasteiger partial charge in [-0.3, -0.25) is 4.79 Å². The van der Waals surface area contributed by atoms with Crippen molar-refractivity contribution in [2.45, 2.75) is 0 Å². The fourth-order valence-corrected chi connectivity index (χ4v) is 1.54. The van der Waals surface area contributed by atoms with Crippen LogP contribution in [0.2, 0.25) is 0 Å². The second kappa shape index (κ2) is 7.16. The summed E-state index contributed by atoms with van der Waals surface area (Å²) in [6, 6.07) is 0. The Bertz CT molecular complexity index is 487. The third-order valence-electron chi connectivity index (χ3n) is 1.80. The van der Waals surface area contributed by atoms with Crippen LogP contribution < -0.4 is 16.8 Å². The first-order chi connectivity index (χ1) is 9.04. The van der Waals surface area contributed by atoms with E-state index in [4.69, 9.17) is 16.3 Å². The molecule has 0 saturated heterocycles. The average molecular weight is 287 g/mol. The Kier molecular flexibility index (Phi) is 5.54. The number of alkyl carbamates (subject to hydrolysis) is 1. The van der Waals surface area contributed by atoms with Crippen LogP contribution in [0.3, 0.4) is 0 Å². The van der Waals surface area contributed by atoms with E-state index in [9.17, 15) is 9.59 Å². The first kappa shape index (κ1) is 14.7. The molecule has 0 saturated carbocycles. The molecular formula is C9H13N5O4S. The Morgan fingerprint density at radius 1 is 1.58 bits per heavy atom. The SMILES string of the molecule is COC(=O)NCCO/N=C(\C(N)=O)c1csc(N)n1. The number of carbonyl (C=O) groups excluding carboxylic acids is 2. The molecule has 1 rings (SSSR count). The molecule has 9 nitrogen and oxygen atoms in total. The van der Waals surface area contributed by atoms with Crippen molar-refractivity contribution in [1.82, 2.24) is 10.3 Å². The van der Waals surface area contributed by atoms with E-state index < -0.39 is 12.0 Å². The van der Waals surface area contributed by atoms with Gasteiger partial charge in [0.15, 0.2) is 10.8 Å². The molecule has 104 valence electrons. The summed E-state index contributed by atoms with van der Waals surface area (Å²) in [4.78, 5) is 30.6. The zero-order chi connectivity index (χ0) is 14.3. The highest BCUT2D eigenvalue weighted by atomic mass is 32.1. The number of nitrogen functional groups attached to an aromatic ring is 1. The van der Waals surface area contributed by atoms with Crippen molar-refractivity contribution in [3.05, 3.63) is 11.1 Å². The first-order valence-electron chi connectivity index (χ1n) is 5.07. The lowest BCUT2D eigenvalue weighted by Gasteiger charge is -2.03. The number of nitrogens with zero attached hydrogens (tertiary/aromatic N) is 2. The smallest absolute Gasteiger partial charge is 0.406 e. The molecule has 0 radical (unpaired) electrons. The lowest BCUT2D eigenvalue weighted by atomic mass is 10.3. The lowest BCUT2D eigenvalue weighted by Crippen LogP contribution is -2.28. The molecule has 2 amide bonds. The van der Waals surface area contributed by atoms with E-state index in [1.165, 1.54) is 12.5 Å². The van der Waals surface area contributed by atoms with Crippen molar-refractivity contribution in [1.29, 1.82) is 0 Å². The number of nitrogens with one attached hydrogen (secondary N) is 1. The second-order valence-corrected chi connectivity index (χ2v) is 4.02. The maximum Gasteiger partial charge on any atom is 0.406 e. The van der Waals surface area contributed by atoms with E-state index >= 15 is 0 Å². The summed E-state index contributed by atoms with van der Waals surface area (Å²) in [6.45, 7) is 0.215. The molecule has 0 aliphatic rings. The lowest BCUT2D eigenvalue weighted by molar-refractivity contribution is -0.112. The number of rotatable bonds is 6. The topological polar surface area (TPSA) is 142 Å². The standard InChI is InChI=1S/C9H13N5O4S/c1-17-9(16)12-2-3-18-14-6(7(10)15)5-4-19-8(11)13-5/h4H,2-3H2,1H3,(H2,10,15)(H2,11,13)(H,12,16)/b14-6-. The molecule has 0 fully saturated rings. The minimum atomic E-state index is -0.786. The molecule has 1 heterocycles. The van der Waals surface area contributed by atoms with Crippen LogP contribution in [-0.4, -0.2) is 43.0 Å². The Labute approximate surface area is 112 Å². The maximum atomic E-state index is 11.2. The normalized spacial score (nSPS) is 10.9. The number of amides is 2. The number of primary amides is 1. The van der Waals surface area contributed by atoms with Crippen molar-refractivity contribution in [3.8, 4) is 0 Å². The van der Waals surface area contributed by atoms with Gasteiger partial charge in [-0.25, -0.2) is 9.78 Å². The number of hydrogen-bond donors (Lipinski definition) is 3. The number of oxime groups is 1. The van der Waals surface area contributed by atoms with Crippen LogP contribution in [0.15, 0.2) is 10.5 Å². The van der Waals surface area contributed by atoms with E-state index in [1.54, 1.807) is 0 Å². The monoisotopic (exact) mass is 287 g/mol. The predicted molar refractivity (Wildman–Crippen MR) is 68.6 cm³/mol. The molecule has 0 bridgehead atoms. The molecule has 0 atom stereocenters. The number of hydrogen-bond acceptors (Lipinski definition) is 8. The van der Waals surface area contributed by atoms with Gasteiger partial charge in [0.25, 0.3) is 5.91 Å². The fraction of sp³-hybridized carbons (Fsp3) is 0.333. The summed E-state index contributed by atoms with van der Waals surface area (Å²) < 4.78 is 4.35. The van der Waals surface area contributed by atoms with Gasteiger partial charge in [-0.1, -0.05) is 5.16 Å². The number of carbonyl (C=O) groups is 2. The van der Waals surface area contributed by atoms with Gasteiger partial charge in [-0.2, -0.15) is 0 Å². The van der Waals surface area contributed by atoms with Gasteiger partial charge in [-0.05, 0) is 0 Å². The number of nitrogens with two attached hydrogens (primary N) is 2. The largest absolute Gasteiger partial charge is 0.453 e. The van der Waals surface area contributed by atoms with Gasteiger partial charge in [0, 0.05) is 5.38 Å². The zero-order valence-electron chi connectivity index (χ0n) is 10.1. The third kappa shape index (κ3) is 4.79. The molecule has 0 aliphatic heterocycles. The number of methoxy groups -OCH3 is 1. The minimum absolute atomic E-state index is 0.0471. The van der Waals surface area contributed by atoms with Crippen molar-refractivity contribution >= 4 is 34.2 Å². The summed E-state index contributed by atoms with van der Waals surface area (Å²) in [7, 11) is 1.24. The van der Waals surface area contributed by atoms with E-state index in [-0.39, 0.29) is 29.7 Å². The van der Waals surface area contributed by atoms with Crippen LogP contribution in [0.25, 0.3) is 0 Å². The quantitative estimate of drug-likeness (QED) is 0.358. The van der Waals surface area contributed by atoms with Gasteiger partial charge in [0.1, 0.15) is 12.3 Å². The fourth-order valence-electron chi connectivity index (χ4n) is 0.995. The molecule has 0 unspecified atom stereocenters. The van der Waals surface area contributed by atoms with Gasteiger partial charge in [0.2, 0.25) is 0 Å². The molecule has 0 spiro atoms. The van der Waals surface area contributed by atoms with Crippen molar-refractivity contribution in [3.63, 3.8) is 0 Å². The summed E-state index contributed by atoms with van der Waals surface area (Å²) in [5.74, 6) is -0.786. The van der Waals surface area contributed by atoms with Crippen LogP contribution >= 0.6 is 11.3 Å². The predicted octanol–water partition coefficient (Wildman–Crippen LogP) is -0.713. The average Bonchev–Trinajstić information content (AvgIpc) is 2.79. The Morgan fingerprint density at radius 3 is 2.84 bits per heavy atom. The molecule has 0 aliphatic carbocycles. The van der Waals surface area contributed by atoms with Gasteiger partial charge >= 0.3 is 6.09 Å². The molecule has 1 aromatic rings. The molecule has 19 heavy (non-hydrogen) atoms. The zero-order valence-corrected chi connectivity index (χ0v) is 10.9. The number of anilines is 1. The van der Waals surface area contributed by atoms with Gasteiger partial charge in [0.05, 0.1) is 13.7 Å². The highest BCUT2D eigenvalue weighted by Gasteiger charge is 2.14. The van der Waals surface area contributed by atoms with Crippen molar-refractivity contribution in [2.75, 3.05) is 26.0 Å². The van der Waals surface area contributed by atoms with Crippen LogP contribution in [0.5, 0.6) is 0 Å². The minimum Gasteiger partial charge on any atom is -0.453 e. The maximum absolute atomic E-state index is 11.2. The molecular weight excluding hydrogens is 274 g/mol. The first-order valence-corrected chi connectivity index (χ1v) is 5.95. The Morgan fingerprint density at radius 2 is 2.32 bits per heavy atom. The summed E-state index contributed by atoms with van der Waals surface area (Å²) in [6.07, 6.45) is -0.588. The Hall–Kier alpha value is -2.36. The van der Waals surface area contributed by atoms with Gasteiger partial charge in [-0.15, -0.1) is 11.3 Å². The van der Waals surface area contributed by atoms with Crippen molar-refractivity contribution < 1.29 is 19.2 Å². The van der Waals surface area contributed by atoms with E-state index in [1.807, 2.05) is 0 Å². The highest BCUT2D eigenvalue weighted by Crippen LogP contribution is 2.12. The van der Waals surface area contributed by atoms with E-state index in [0.29, 0.717) is 0 Å². The molecule has 5 N–H and O–H groups in total. The van der Waals surface area contributed by atoms with Crippen LogP contribution in [0.1, 0.15) is 5.69 Å². The summed E-state index contributed by atoms with van der Waals surface area (Å²) in [5, 5.41) is 7.77. The number of aromatic nitrogens is 1. The molecule has 10 heteroatoms. The number of ether oxygens (including phenoxy) is 1. The van der Waals surface area contributed by atoms with Crippen LogP contribution in [-0.2, 0) is 14.4 Å². The summed E-state index contributed by atoms with van der Waals surface area (Å²) >= 11 is 1.15. The van der Waals surface area contributed by atoms with Crippen LogP contribution in [0.4, 0.5) is 9.93 Å². The van der Waals surface area contributed by atoms with Crippen LogP contribution in [0, 0.1) is 0 Å². The number of thiazole rings is 1. The van der Waals surface area contributed by atoms with Gasteiger partial charge < -0.3 is 26.4 Å².